The number of aryl methyl sites for hydroxylation is 1. The second-order valence-corrected chi connectivity index (χ2v) is 3.68. The molecular formula is C9H5BrF2O2. The Balaban J connectivity index is 3.01. The Hall–Kier alpha value is -1.10. The van der Waals surface area contributed by atoms with Crippen LogP contribution in [0.1, 0.15) is 5.76 Å². The maximum Gasteiger partial charge on any atom is 0.205 e. The fourth-order valence-electron chi connectivity index (χ4n) is 1.27. The topological polar surface area (TPSA) is 33.4 Å². The first-order valence-electron chi connectivity index (χ1n) is 3.78. The summed E-state index contributed by atoms with van der Waals surface area (Å²) in [6, 6.07) is 1.52. The van der Waals surface area contributed by atoms with E-state index in [2.05, 4.69) is 15.9 Å². The lowest BCUT2D eigenvalue weighted by Crippen LogP contribution is -1.86. The van der Waals surface area contributed by atoms with Gasteiger partial charge in [-0.2, -0.15) is 8.78 Å². The maximum atomic E-state index is 13.2. The number of phenols is 1. The molecule has 0 fully saturated rings. The highest BCUT2D eigenvalue weighted by molar-refractivity contribution is 9.10. The Bertz CT molecular complexity index is 474. The molecule has 0 aliphatic heterocycles. The molecule has 1 aromatic heterocycles. The van der Waals surface area contributed by atoms with Crippen molar-refractivity contribution in [3.63, 3.8) is 0 Å². The van der Waals surface area contributed by atoms with Crippen molar-refractivity contribution in [3.8, 4) is 5.75 Å². The molecule has 0 saturated heterocycles. The molecule has 5 heteroatoms. The van der Waals surface area contributed by atoms with Crippen LogP contribution in [0.25, 0.3) is 11.0 Å². The summed E-state index contributed by atoms with van der Waals surface area (Å²) >= 11 is 2.96. The van der Waals surface area contributed by atoms with Crippen LogP contribution < -0.4 is 0 Å². The molecule has 0 atom stereocenters. The number of hydrogen-bond donors (Lipinski definition) is 1. The Kier molecular flexibility index (Phi) is 1.99. The van der Waals surface area contributed by atoms with Crippen molar-refractivity contribution in [1.29, 1.82) is 0 Å². The molecule has 0 saturated carbocycles. The van der Waals surface area contributed by atoms with Crippen molar-refractivity contribution in [2.24, 2.45) is 0 Å². The van der Waals surface area contributed by atoms with E-state index in [1.807, 2.05) is 0 Å². The van der Waals surface area contributed by atoms with Gasteiger partial charge in [0.2, 0.25) is 11.6 Å². The standard InChI is InChI=1S/C9H5BrF2O2/c1-3-2-4-5(10)8(13)6(11)7(12)9(4)14-3/h2,13H,1H3. The highest BCUT2D eigenvalue weighted by atomic mass is 79.9. The van der Waals surface area contributed by atoms with Gasteiger partial charge >= 0.3 is 0 Å². The van der Waals surface area contributed by atoms with E-state index in [0.717, 1.165) is 0 Å². The molecule has 14 heavy (non-hydrogen) atoms. The van der Waals surface area contributed by atoms with Gasteiger partial charge in [-0.15, -0.1) is 0 Å². The highest BCUT2D eigenvalue weighted by Crippen LogP contribution is 2.38. The van der Waals surface area contributed by atoms with E-state index in [4.69, 9.17) is 4.42 Å². The zero-order valence-corrected chi connectivity index (χ0v) is 8.65. The number of halogens is 3. The van der Waals surface area contributed by atoms with E-state index in [9.17, 15) is 13.9 Å². The molecule has 0 bridgehead atoms. The number of aromatic hydroxyl groups is 1. The zero-order chi connectivity index (χ0) is 10.5. The molecular weight excluding hydrogens is 258 g/mol. The summed E-state index contributed by atoms with van der Waals surface area (Å²) in [7, 11) is 0. The Morgan fingerprint density at radius 3 is 2.64 bits per heavy atom. The van der Waals surface area contributed by atoms with Crippen LogP contribution in [-0.4, -0.2) is 5.11 Å². The number of furan rings is 1. The quantitative estimate of drug-likeness (QED) is 0.738. The van der Waals surface area contributed by atoms with Crippen molar-refractivity contribution >= 4 is 26.9 Å². The molecule has 74 valence electrons. The summed E-state index contributed by atoms with van der Waals surface area (Å²) in [4.78, 5) is 0. The molecule has 1 heterocycles. The maximum absolute atomic E-state index is 13.2. The van der Waals surface area contributed by atoms with Crippen molar-refractivity contribution in [2.45, 2.75) is 6.92 Å². The van der Waals surface area contributed by atoms with Crippen LogP contribution in [0.3, 0.4) is 0 Å². The third-order valence-corrected chi connectivity index (χ3v) is 2.70. The first kappa shape index (κ1) is 9.45. The van der Waals surface area contributed by atoms with Crippen LogP contribution in [0.2, 0.25) is 0 Å². The van der Waals surface area contributed by atoms with Crippen molar-refractivity contribution in [1.82, 2.24) is 0 Å². The average molecular weight is 263 g/mol. The van der Waals surface area contributed by atoms with Crippen LogP contribution >= 0.6 is 15.9 Å². The molecule has 2 nitrogen and oxygen atoms in total. The summed E-state index contributed by atoms with van der Waals surface area (Å²) in [5.74, 6) is -2.77. The van der Waals surface area contributed by atoms with E-state index in [0.29, 0.717) is 11.1 Å². The number of rotatable bonds is 0. The third-order valence-electron chi connectivity index (χ3n) is 1.90. The van der Waals surface area contributed by atoms with Crippen molar-refractivity contribution in [3.05, 3.63) is 27.9 Å². The lowest BCUT2D eigenvalue weighted by molar-refractivity contribution is 0.402. The van der Waals surface area contributed by atoms with E-state index in [1.165, 1.54) is 6.07 Å². The molecule has 0 spiro atoms. The summed E-state index contributed by atoms with van der Waals surface area (Å²) in [6.07, 6.45) is 0. The summed E-state index contributed by atoms with van der Waals surface area (Å²) in [5, 5.41) is 9.51. The van der Waals surface area contributed by atoms with E-state index >= 15 is 0 Å². The van der Waals surface area contributed by atoms with Crippen LogP contribution in [0.4, 0.5) is 8.78 Å². The van der Waals surface area contributed by atoms with E-state index in [1.54, 1.807) is 6.92 Å². The van der Waals surface area contributed by atoms with Gasteiger partial charge in [0.25, 0.3) is 0 Å². The first-order valence-corrected chi connectivity index (χ1v) is 4.57. The van der Waals surface area contributed by atoms with Gasteiger partial charge in [0.05, 0.1) is 4.47 Å². The van der Waals surface area contributed by atoms with Crippen LogP contribution in [0, 0.1) is 18.6 Å². The predicted molar refractivity (Wildman–Crippen MR) is 50.2 cm³/mol. The highest BCUT2D eigenvalue weighted by Gasteiger charge is 2.20. The Labute approximate surface area is 86.3 Å². The minimum atomic E-state index is -1.31. The molecule has 0 aliphatic carbocycles. The third kappa shape index (κ3) is 1.12. The van der Waals surface area contributed by atoms with Gasteiger partial charge < -0.3 is 9.52 Å². The molecule has 1 N–H and O–H groups in total. The molecule has 0 aliphatic rings. The van der Waals surface area contributed by atoms with Crippen LogP contribution in [-0.2, 0) is 0 Å². The lowest BCUT2D eigenvalue weighted by atomic mass is 10.2. The Morgan fingerprint density at radius 1 is 1.36 bits per heavy atom. The smallest absolute Gasteiger partial charge is 0.205 e. The molecule has 0 radical (unpaired) electrons. The number of fused-ring (bicyclic) bond motifs is 1. The summed E-state index contributed by atoms with van der Waals surface area (Å²) in [5.41, 5.74) is -0.190. The molecule has 0 amide bonds. The molecule has 0 unspecified atom stereocenters. The van der Waals surface area contributed by atoms with Crippen molar-refractivity contribution < 1.29 is 18.3 Å². The van der Waals surface area contributed by atoms with Gasteiger partial charge in [-0.25, -0.2) is 0 Å². The van der Waals surface area contributed by atoms with Gasteiger partial charge in [0.15, 0.2) is 11.3 Å². The van der Waals surface area contributed by atoms with Gasteiger partial charge in [-0.3, -0.25) is 0 Å². The number of benzene rings is 1. The average Bonchev–Trinajstić information content (AvgIpc) is 2.54. The van der Waals surface area contributed by atoms with Crippen LogP contribution in [0.15, 0.2) is 15.0 Å². The largest absolute Gasteiger partial charge is 0.504 e. The minimum Gasteiger partial charge on any atom is -0.504 e. The predicted octanol–water partition coefficient (Wildman–Crippen LogP) is 3.49. The van der Waals surface area contributed by atoms with Crippen molar-refractivity contribution in [2.75, 3.05) is 0 Å². The molecule has 1 aromatic carbocycles. The molecule has 2 rings (SSSR count). The fourth-order valence-corrected chi connectivity index (χ4v) is 1.74. The SMILES string of the molecule is Cc1cc2c(Br)c(O)c(F)c(F)c2o1. The van der Waals surface area contributed by atoms with Gasteiger partial charge in [-0.05, 0) is 28.9 Å². The summed E-state index contributed by atoms with van der Waals surface area (Å²) < 4.78 is 31.3. The van der Waals surface area contributed by atoms with E-state index < -0.39 is 17.4 Å². The van der Waals surface area contributed by atoms with E-state index in [-0.39, 0.29) is 10.1 Å². The minimum absolute atomic E-state index is 0.100. The fraction of sp³-hybridized carbons (Fsp3) is 0.111. The van der Waals surface area contributed by atoms with Gasteiger partial charge in [0.1, 0.15) is 5.76 Å². The number of phenolic OH excluding ortho intramolecular Hbond substituents is 1. The lowest BCUT2D eigenvalue weighted by Gasteiger charge is -2.00. The van der Waals surface area contributed by atoms with Crippen LogP contribution in [0.5, 0.6) is 5.75 Å². The zero-order valence-electron chi connectivity index (χ0n) is 7.07. The first-order chi connectivity index (χ1) is 6.52. The molecule has 2 aromatic rings. The Morgan fingerprint density at radius 2 is 2.00 bits per heavy atom. The van der Waals surface area contributed by atoms with Gasteiger partial charge in [0, 0.05) is 5.39 Å². The summed E-state index contributed by atoms with van der Waals surface area (Å²) in [6.45, 7) is 1.61. The second kappa shape index (κ2) is 2.95. The second-order valence-electron chi connectivity index (χ2n) is 2.89. The monoisotopic (exact) mass is 262 g/mol. The number of hydrogen-bond acceptors (Lipinski definition) is 2. The van der Waals surface area contributed by atoms with Gasteiger partial charge in [-0.1, -0.05) is 0 Å². The normalized spacial score (nSPS) is 11.1.